The number of rotatable bonds is 6. The molecule has 148 valence electrons. The van der Waals surface area contributed by atoms with Gasteiger partial charge in [-0.25, -0.2) is 0 Å². The second kappa shape index (κ2) is 8.65. The molecule has 1 N–H and O–H groups in total. The number of para-hydroxylation sites is 1. The van der Waals surface area contributed by atoms with Crippen LogP contribution >= 0.6 is 0 Å². The van der Waals surface area contributed by atoms with Crippen LogP contribution in [0.5, 0.6) is 11.5 Å². The molecule has 29 heavy (non-hydrogen) atoms. The molecule has 4 rings (SSSR count). The van der Waals surface area contributed by atoms with E-state index >= 15 is 0 Å². The van der Waals surface area contributed by atoms with Crippen molar-refractivity contribution in [3.05, 3.63) is 84.3 Å². The van der Waals surface area contributed by atoms with Gasteiger partial charge in [0.05, 0.1) is 6.26 Å². The maximum Gasteiger partial charge on any atom is 0.290 e. The minimum atomic E-state index is -0.476. The lowest BCUT2D eigenvalue weighted by atomic mass is 10.1. The summed E-state index contributed by atoms with van der Waals surface area (Å²) in [4.78, 5) is 26.8. The van der Waals surface area contributed by atoms with Crippen LogP contribution in [0.15, 0.2) is 77.4 Å². The quantitative estimate of drug-likeness (QED) is 0.691. The fourth-order valence-electron chi connectivity index (χ4n) is 3.47. The molecule has 0 aliphatic carbocycles. The van der Waals surface area contributed by atoms with Gasteiger partial charge in [0.1, 0.15) is 17.5 Å². The lowest BCUT2D eigenvalue weighted by Crippen LogP contribution is -2.45. The number of furan rings is 1. The Hall–Kier alpha value is -3.54. The third-order valence-electron chi connectivity index (χ3n) is 4.89. The molecule has 0 bridgehead atoms. The Morgan fingerprint density at radius 1 is 1.03 bits per heavy atom. The Morgan fingerprint density at radius 3 is 2.66 bits per heavy atom. The first-order chi connectivity index (χ1) is 14.2. The Labute approximate surface area is 169 Å². The minimum Gasteiger partial charge on any atom is -0.459 e. The summed E-state index contributed by atoms with van der Waals surface area (Å²) in [5.41, 5.74) is 0.925. The van der Waals surface area contributed by atoms with E-state index in [-0.39, 0.29) is 17.6 Å². The Balaban J connectivity index is 1.37. The van der Waals surface area contributed by atoms with Crippen molar-refractivity contribution >= 4 is 11.8 Å². The van der Waals surface area contributed by atoms with E-state index in [0.717, 1.165) is 17.7 Å². The zero-order valence-corrected chi connectivity index (χ0v) is 15.9. The van der Waals surface area contributed by atoms with Gasteiger partial charge in [-0.2, -0.15) is 0 Å². The first-order valence-corrected chi connectivity index (χ1v) is 9.65. The van der Waals surface area contributed by atoms with E-state index in [9.17, 15) is 9.59 Å². The highest BCUT2D eigenvalue weighted by molar-refractivity contribution is 5.95. The third kappa shape index (κ3) is 4.48. The molecular weight excluding hydrogens is 368 g/mol. The molecule has 2 aromatic carbocycles. The molecule has 1 aliphatic rings. The highest BCUT2D eigenvalue weighted by Gasteiger charge is 2.35. The Kier molecular flexibility index (Phi) is 5.61. The summed E-state index contributed by atoms with van der Waals surface area (Å²) in [5.74, 6) is 1.32. The lowest BCUT2D eigenvalue weighted by Gasteiger charge is -2.23. The van der Waals surface area contributed by atoms with Crippen molar-refractivity contribution in [2.45, 2.75) is 25.4 Å². The number of benzene rings is 2. The van der Waals surface area contributed by atoms with E-state index < -0.39 is 6.04 Å². The molecule has 1 fully saturated rings. The van der Waals surface area contributed by atoms with E-state index in [1.807, 2.05) is 54.6 Å². The van der Waals surface area contributed by atoms with Crippen LogP contribution in [0.25, 0.3) is 0 Å². The van der Waals surface area contributed by atoms with E-state index in [1.165, 1.54) is 6.26 Å². The highest BCUT2D eigenvalue weighted by atomic mass is 16.5. The average molecular weight is 390 g/mol. The number of amides is 2. The first kappa shape index (κ1) is 18.8. The van der Waals surface area contributed by atoms with Crippen LogP contribution in [0.3, 0.4) is 0 Å². The van der Waals surface area contributed by atoms with Gasteiger partial charge < -0.3 is 19.4 Å². The predicted octanol–water partition coefficient (Wildman–Crippen LogP) is 3.99. The molecule has 3 aromatic rings. The number of likely N-dealkylation sites (tertiary alicyclic amines) is 1. The summed E-state index contributed by atoms with van der Waals surface area (Å²) >= 11 is 0. The standard InChI is InChI=1S/C23H22N2O4/c26-22(20-11-5-13-25(20)23(27)21-12-6-14-28-21)24-16-17-7-4-10-19(15-17)29-18-8-2-1-3-9-18/h1-4,6-10,12,14-15,20H,5,11,13,16H2,(H,24,26)/t20-/m0/s1. The summed E-state index contributed by atoms with van der Waals surface area (Å²) in [6, 6.07) is 19.9. The topological polar surface area (TPSA) is 71.8 Å². The lowest BCUT2D eigenvalue weighted by molar-refractivity contribution is -0.125. The molecule has 0 spiro atoms. The van der Waals surface area contributed by atoms with Crippen molar-refractivity contribution in [1.29, 1.82) is 0 Å². The zero-order valence-electron chi connectivity index (χ0n) is 15.9. The van der Waals surface area contributed by atoms with Gasteiger partial charge in [0.25, 0.3) is 5.91 Å². The summed E-state index contributed by atoms with van der Waals surface area (Å²) in [6.07, 6.45) is 2.91. The SMILES string of the molecule is O=C(NCc1cccc(Oc2ccccc2)c1)[C@@H]1CCCN1C(=O)c1ccco1. The number of hydrogen-bond donors (Lipinski definition) is 1. The van der Waals surface area contributed by atoms with Crippen LogP contribution in [0.4, 0.5) is 0 Å². The molecule has 1 aliphatic heterocycles. The van der Waals surface area contributed by atoms with E-state index in [4.69, 9.17) is 9.15 Å². The largest absolute Gasteiger partial charge is 0.459 e. The molecule has 2 heterocycles. The number of ether oxygens (including phenoxy) is 1. The fourth-order valence-corrected chi connectivity index (χ4v) is 3.47. The van der Waals surface area contributed by atoms with Crippen molar-refractivity contribution in [3.8, 4) is 11.5 Å². The second-order valence-electron chi connectivity index (χ2n) is 6.91. The van der Waals surface area contributed by atoms with Crippen molar-refractivity contribution in [3.63, 3.8) is 0 Å². The van der Waals surface area contributed by atoms with Crippen LogP contribution < -0.4 is 10.1 Å². The van der Waals surface area contributed by atoms with Crippen LogP contribution in [0.2, 0.25) is 0 Å². The Bertz CT molecular complexity index is 970. The highest BCUT2D eigenvalue weighted by Crippen LogP contribution is 2.23. The van der Waals surface area contributed by atoms with Gasteiger partial charge in [-0.05, 0) is 54.8 Å². The van der Waals surface area contributed by atoms with E-state index in [1.54, 1.807) is 17.0 Å². The predicted molar refractivity (Wildman–Crippen MR) is 108 cm³/mol. The van der Waals surface area contributed by atoms with Gasteiger partial charge >= 0.3 is 0 Å². The molecule has 0 radical (unpaired) electrons. The first-order valence-electron chi connectivity index (χ1n) is 9.65. The van der Waals surface area contributed by atoms with Crippen molar-refractivity contribution in [1.82, 2.24) is 10.2 Å². The summed E-state index contributed by atoms with van der Waals surface area (Å²) in [7, 11) is 0. The molecule has 1 aromatic heterocycles. The third-order valence-corrected chi connectivity index (χ3v) is 4.89. The van der Waals surface area contributed by atoms with Crippen molar-refractivity contribution in [2.75, 3.05) is 6.54 Å². The zero-order chi connectivity index (χ0) is 20.1. The Morgan fingerprint density at radius 2 is 1.86 bits per heavy atom. The minimum absolute atomic E-state index is 0.156. The summed E-state index contributed by atoms with van der Waals surface area (Å²) in [5, 5.41) is 2.94. The van der Waals surface area contributed by atoms with Gasteiger partial charge in [0, 0.05) is 13.1 Å². The molecule has 0 unspecified atom stereocenters. The maximum absolute atomic E-state index is 12.7. The molecule has 1 saturated heterocycles. The monoisotopic (exact) mass is 390 g/mol. The average Bonchev–Trinajstić information content (AvgIpc) is 3.45. The van der Waals surface area contributed by atoms with Gasteiger partial charge in [-0.3, -0.25) is 9.59 Å². The fraction of sp³-hybridized carbons (Fsp3) is 0.217. The maximum atomic E-state index is 12.7. The van der Waals surface area contributed by atoms with Gasteiger partial charge in [0.15, 0.2) is 5.76 Å². The van der Waals surface area contributed by atoms with Gasteiger partial charge in [-0.15, -0.1) is 0 Å². The number of carbonyl (C=O) groups is 2. The smallest absolute Gasteiger partial charge is 0.290 e. The molecule has 6 heteroatoms. The molecular formula is C23H22N2O4. The van der Waals surface area contributed by atoms with E-state index in [0.29, 0.717) is 25.3 Å². The van der Waals surface area contributed by atoms with Crippen LogP contribution in [0.1, 0.15) is 29.0 Å². The summed E-state index contributed by atoms with van der Waals surface area (Å²) < 4.78 is 11.0. The number of hydrogen-bond acceptors (Lipinski definition) is 4. The van der Waals surface area contributed by atoms with Gasteiger partial charge in [-0.1, -0.05) is 30.3 Å². The van der Waals surface area contributed by atoms with Crippen molar-refractivity contribution in [2.24, 2.45) is 0 Å². The number of nitrogens with zero attached hydrogens (tertiary/aromatic N) is 1. The molecule has 6 nitrogen and oxygen atoms in total. The number of carbonyl (C=O) groups excluding carboxylic acids is 2. The normalized spacial score (nSPS) is 15.9. The molecule has 2 amide bonds. The van der Waals surface area contributed by atoms with Crippen molar-refractivity contribution < 1.29 is 18.7 Å². The van der Waals surface area contributed by atoms with Crippen LogP contribution in [-0.4, -0.2) is 29.3 Å². The van der Waals surface area contributed by atoms with Crippen LogP contribution in [0, 0.1) is 0 Å². The molecule has 0 saturated carbocycles. The van der Waals surface area contributed by atoms with Gasteiger partial charge in [0.2, 0.25) is 5.91 Å². The summed E-state index contributed by atoms with van der Waals surface area (Å²) in [6.45, 7) is 0.919. The molecule has 1 atom stereocenters. The number of nitrogens with one attached hydrogen (secondary N) is 1. The van der Waals surface area contributed by atoms with Crippen LogP contribution in [-0.2, 0) is 11.3 Å². The van der Waals surface area contributed by atoms with E-state index in [2.05, 4.69) is 5.32 Å². The second-order valence-corrected chi connectivity index (χ2v) is 6.91.